The Labute approximate surface area is 88.7 Å². The summed E-state index contributed by atoms with van der Waals surface area (Å²) in [5.41, 5.74) is 7.18. The van der Waals surface area contributed by atoms with Crippen molar-refractivity contribution in [1.82, 2.24) is 9.78 Å². The van der Waals surface area contributed by atoms with E-state index in [2.05, 4.69) is 5.10 Å². The maximum absolute atomic E-state index is 5.97. The van der Waals surface area contributed by atoms with Crippen molar-refractivity contribution < 1.29 is 4.42 Å². The highest BCUT2D eigenvalue weighted by atomic mass is 16.3. The molecule has 1 atom stereocenters. The summed E-state index contributed by atoms with van der Waals surface area (Å²) >= 11 is 0. The maximum Gasteiger partial charge on any atom is 0.120 e. The van der Waals surface area contributed by atoms with Gasteiger partial charge in [0.25, 0.3) is 0 Å². The highest BCUT2D eigenvalue weighted by Gasteiger charge is 2.09. The predicted octanol–water partition coefficient (Wildman–Crippen LogP) is 1.65. The first-order valence-corrected chi connectivity index (χ1v) is 5.02. The summed E-state index contributed by atoms with van der Waals surface area (Å²) in [6, 6.07) is 3.74. The lowest BCUT2D eigenvalue weighted by Gasteiger charge is -2.06. The average molecular weight is 205 g/mol. The lowest BCUT2D eigenvalue weighted by Crippen LogP contribution is -2.10. The molecule has 0 fully saturated rings. The average Bonchev–Trinajstić information content (AvgIpc) is 2.84. The number of hydrogen-bond donors (Lipinski definition) is 1. The summed E-state index contributed by atoms with van der Waals surface area (Å²) in [7, 11) is 1.91. The van der Waals surface area contributed by atoms with Gasteiger partial charge in [-0.2, -0.15) is 5.10 Å². The molecule has 80 valence electrons. The van der Waals surface area contributed by atoms with Crippen LogP contribution in [0.1, 0.15) is 23.8 Å². The van der Waals surface area contributed by atoms with Crippen molar-refractivity contribution in [2.75, 3.05) is 0 Å². The van der Waals surface area contributed by atoms with Crippen molar-refractivity contribution in [2.45, 2.75) is 18.9 Å². The minimum Gasteiger partial charge on any atom is -0.468 e. The van der Waals surface area contributed by atoms with E-state index in [9.17, 15) is 0 Å². The first kappa shape index (κ1) is 9.98. The van der Waals surface area contributed by atoms with Crippen LogP contribution >= 0.6 is 0 Å². The molecule has 0 spiro atoms. The third-order valence-electron chi connectivity index (χ3n) is 2.41. The molecule has 2 N–H and O–H groups in total. The standard InChI is InChI=1S/C11H15N3O/c1-14-8-9(7-13-14)4-5-10(12)11-3-2-6-15-11/h2-3,6-8,10H,4-5,12H2,1H3. The van der Waals surface area contributed by atoms with E-state index in [-0.39, 0.29) is 6.04 Å². The molecular weight excluding hydrogens is 190 g/mol. The Kier molecular flexibility index (Phi) is 2.87. The molecule has 0 aromatic carbocycles. The molecule has 2 rings (SSSR count). The van der Waals surface area contributed by atoms with Crippen LogP contribution in [-0.4, -0.2) is 9.78 Å². The number of hydrogen-bond acceptors (Lipinski definition) is 3. The zero-order chi connectivity index (χ0) is 10.7. The Hall–Kier alpha value is -1.55. The van der Waals surface area contributed by atoms with Crippen molar-refractivity contribution in [1.29, 1.82) is 0 Å². The number of nitrogens with two attached hydrogens (primary N) is 1. The number of rotatable bonds is 4. The topological polar surface area (TPSA) is 57.0 Å². The Morgan fingerprint density at radius 2 is 2.47 bits per heavy atom. The fraction of sp³-hybridized carbons (Fsp3) is 0.364. The second kappa shape index (κ2) is 4.31. The van der Waals surface area contributed by atoms with E-state index in [1.165, 1.54) is 5.56 Å². The van der Waals surface area contributed by atoms with Gasteiger partial charge in [0.15, 0.2) is 0 Å². The molecule has 0 saturated heterocycles. The van der Waals surface area contributed by atoms with Gasteiger partial charge in [-0.05, 0) is 30.5 Å². The molecule has 15 heavy (non-hydrogen) atoms. The van der Waals surface area contributed by atoms with Gasteiger partial charge < -0.3 is 10.2 Å². The Bertz CT molecular complexity index is 405. The second-order valence-corrected chi connectivity index (χ2v) is 3.68. The fourth-order valence-electron chi connectivity index (χ4n) is 1.57. The van der Waals surface area contributed by atoms with E-state index in [1.54, 1.807) is 10.9 Å². The molecule has 0 aliphatic carbocycles. The van der Waals surface area contributed by atoms with Crippen LogP contribution in [0.25, 0.3) is 0 Å². The summed E-state index contributed by atoms with van der Waals surface area (Å²) in [5, 5.41) is 4.11. The maximum atomic E-state index is 5.97. The summed E-state index contributed by atoms with van der Waals surface area (Å²) < 4.78 is 7.04. The smallest absolute Gasteiger partial charge is 0.120 e. The van der Waals surface area contributed by atoms with Crippen LogP contribution in [0, 0.1) is 0 Å². The van der Waals surface area contributed by atoms with Crippen molar-refractivity contribution in [2.24, 2.45) is 12.8 Å². The zero-order valence-electron chi connectivity index (χ0n) is 8.76. The third kappa shape index (κ3) is 2.47. The Morgan fingerprint density at radius 1 is 1.60 bits per heavy atom. The van der Waals surface area contributed by atoms with E-state index >= 15 is 0 Å². The number of nitrogens with zero attached hydrogens (tertiary/aromatic N) is 2. The third-order valence-corrected chi connectivity index (χ3v) is 2.41. The molecular formula is C11H15N3O. The minimum atomic E-state index is -0.0276. The largest absolute Gasteiger partial charge is 0.468 e. The van der Waals surface area contributed by atoms with Gasteiger partial charge >= 0.3 is 0 Å². The second-order valence-electron chi connectivity index (χ2n) is 3.68. The van der Waals surface area contributed by atoms with Gasteiger partial charge in [0.05, 0.1) is 18.5 Å². The normalized spacial score (nSPS) is 12.9. The molecule has 1 unspecified atom stereocenters. The van der Waals surface area contributed by atoms with Crippen molar-refractivity contribution in [3.8, 4) is 0 Å². The first-order valence-electron chi connectivity index (χ1n) is 5.02. The molecule has 0 radical (unpaired) electrons. The molecule has 2 aromatic heterocycles. The number of furan rings is 1. The monoisotopic (exact) mass is 205 g/mol. The van der Waals surface area contributed by atoms with Crippen LogP contribution in [0.5, 0.6) is 0 Å². The van der Waals surface area contributed by atoms with Gasteiger partial charge in [0.1, 0.15) is 5.76 Å². The van der Waals surface area contributed by atoms with E-state index in [0.717, 1.165) is 18.6 Å². The zero-order valence-corrected chi connectivity index (χ0v) is 8.76. The first-order chi connectivity index (χ1) is 7.25. The van der Waals surface area contributed by atoms with E-state index in [0.29, 0.717) is 0 Å². The van der Waals surface area contributed by atoms with Crippen molar-refractivity contribution >= 4 is 0 Å². The van der Waals surface area contributed by atoms with Crippen LogP contribution in [0.15, 0.2) is 35.2 Å². The fourth-order valence-corrected chi connectivity index (χ4v) is 1.57. The van der Waals surface area contributed by atoms with E-state index in [4.69, 9.17) is 10.2 Å². The molecule has 2 heterocycles. The van der Waals surface area contributed by atoms with Gasteiger partial charge in [-0.15, -0.1) is 0 Å². The van der Waals surface area contributed by atoms with Crippen molar-refractivity contribution in [3.63, 3.8) is 0 Å². The van der Waals surface area contributed by atoms with Gasteiger partial charge in [-0.1, -0.05) is 0 Å². The molecule has 4 heteroatoms. The van der Waals surface area contributed by atoms with Crippen LogP contribution in [-0.2, 0) is 13.5 Å². The molecule has 2 aromatic rings. The molecule has 0 amide bonds. The minimum absolute atomic E-state index is 0.0276. The summed E-state index contributed by atoms with van der Waals surface area (Å²) in [4.78, 5) is 0. The van der Waals surface area contributed by atoms with E-state index < -0.39 is 0 Å². The molecule has 0 aliphatic rings. The lowest BCUT2D eigenvalue weighted by atomic mass is 10.1. The van der Waals surface area contributed by atoms with Crippen LogP contribution in [0.3, 0.4) is 0 Å². The Balaban J connectivity index is 1.88. The van der Waals surface area contributed by atoms with Gasteiger partial charge in [-0.3, -0.25) is 4.68 Å². The predicted molar refractivity (Wildman–Crippen MR) is 57.2 cm³/mol. The van der Waals surface area contributed by atoms with Gasteiger partial charge in [0, 0.05) is 13.2 Å². The summed E-state index contributed by atoms with van der Waals surface area (Å²) in [6.45, 7) is 0. The van der Waals surface area contributed by atoms with Gasteiger partial charge in [-0.25, -0.2) is 0 Å². The summed E-state index contributed by atoms with van der Waals surface area (Å²) in [5.74, 6) is 0.846. The summed E-state index contributed by atoms with van der Waals surface area (Å²) in [6.07, 6.45) is 7.33. The number of aryl methyl sites for hydroxylation is 2. The SMILES string of the molecule is Cn1cc(CCC(N)c2ccco2)cn1. The van der Waals surface area contributed by atoms with Crippen molar-refractivity contribution in [3.05, 3.63) is 42.1 Å². The molecule has 0 bridgehead atoms. The highest BCUT2D eigenvalue weighted by Crippen LogP contribution is 2.16. The molecule has 0 saturated carbocycles. The molecule has 4 nitrogen and oxygen atoms in total. The van der Waals surface area contributed by atoms with Crippen LogP contribution in [0.2, 0.25) is 0 Å². The van der Waals surface area contributed by atoms with E-state index in [1.807, 2.05) is 31.6 Å². The van der Waals surface area contributed by atoms with Crippen LogP contribution in [0.4, 0.5) is 0 Å². The Morgan fingerprint density at radius 3 is 3.07 bits per heavy atom. The lowest BCUT2D eigenvalue weighted by molar-refractivity contribution is 0.452. The van der Waals surface area contributed by atoms with Crippen LogP contribution < -0.4 is 5.73 Å². The van der Waals surface area contributed by atoms with Gasteiger partial charge in [0.2, 0.25) is 0 Å². The quantitative estimate of drug-likeness (QED) is 0.825. The molecule has 0 aliphatic heterocycles. The highest BCUT2D eigenvalue weighted by molar-refractivity contribution is 5.07. The number of aromatic nitrogens is 2.